The fourth-order valence-electron chi connectivity index (χ4n) is 2.38. The lowest BCUT2D eigenvalue weighted by Gasteiger charge is -2.03. The Labute approximate surface area is 122 Å². The quantitative estimate of drug-likeness (QED) is 0.726. The third-order valence-electron chi connectivity index (χ3n) is 3.33. The van der Waals surface area contributed by atoms with Crippen LogP contribution < -0.4 is 0 Å². The largest absolute Gasteiger partial charge is 0.341 e. The number of aryl methyl sites for hydroxylation is 1. The summed E-state index contributed by atoms with van der Waals surface area (Å²) < 4.78 is 2.15. The van der Waals surface area contributed by atoms with Crippen molar-refractivity contribution < 1.29 is 0 Å². The maximum atomic E-state index is 9.13. The van der Waals surface area contributed by atoms with Crippen LogP contribution in [0.3, 0.4) is 0 Å². The predicted molar refractivity (Wildman–Crippen MR) is 81.9 cm³/mol. The topological polar surface area (TPSA) is 41.6 Å². The van der Waals surface area contributed by atoms with Crippen molar-refractivity contribution in [1.82, 2.24) is 9.55 Å². The van der Waals surface area contributed by atoms with Crippen LogP contribution in [0.5, 0.6) is 0 Å². The van der Waals surface area contributed by atoms with Gasteiger partial charge in [0.2, 0.25) is 0 Å². The molecule has 0 saturated carbocycles. The fraction of sp³-hybridized carbons (Fsp3) is 0.250. The number of nitrogens with zero attached hydrogens (tertiary/aromatic N) is 3. The van der Waals surface area contributed by atoms with Crippen molar-refractivity contribution in [2.75, 3.05) is 0 Å². The van der Waals surface area contributed by atoms with Gasteiger partial charge in [0.05, 0.1) is 28.9 Å². The lowest BCUT2D eigenvalue weighted by atomic mass is 10.1. The number of rotatable bonds is 4. The molecular weight excluding hydrogens is 266 g/mol. The van der Waals surface area contributed by atoms with Gasteiger partial charge in [-0.2, -0.15) is 5.26 Å². The highest BCUT2D eigenvalue weighted by atomic mass is 32.1. The van der Waals surface area contributed by atoms with E-state index < -0.39 is 0 Å². The summed E-state index contributed by atoms with van der Waals surface area (Å²) in [6, 6.07) is 10.1. The van der Waals surface area contributed by atoms with Crippen molar-refractivity contribution in [3.05, 3.63) is 52.1 Å². The van der Waals surface area contributed by atoms with E-state index in [1.165, 1.54) is 5.01 Å². The minimum Gasteiger partial charge on any atom is -0.341 e. The summed E-state index contributed by atoms with van der Waals surface area (Å²) in [5.41, 5.74) is 2.92. The van der Waals surface area contributed by atoms with Crippen LogP contribution in [0.25, 0.3) is 10.9 Å². The highest BCUT2D eigenvalue weighted by molar-refractivity contribution is 7.09. The van der Waals surface area contributed by atoms with Crippen molar-refractivity contribution in [2.24, 2.45) is 0 Å². The normalized spacial score (nSPS) is 10.8. The lowest BCUT2D eigenvalue weighted by molar-refractivity contribution is 0.801. The summed E-state index contributed by atoms with van der Waals surface area (Å²) in [5.74, 6) is 0. The van der Waals surface area contributed by atoms with Gasteiger partial charge in [0.15, 0.2) is 0 Å². The minimum absolute atomic E-state index is 0.728. The van der Waals surface area contributed by atoms with Crippen molar-refractivity contribution in [2.45, 2.75) is 26.3 Å². The molecule has 3 nitrogen and oxygen atoms in total. The summed E-state index contributed by atoms with van der Waals surface area (Å²) in [4.78, 5) is 4.66. The monoisotopic (exact) mass is 281 g/mol. The zero-order valence-corrected chi connectivity index (χ0v) is 12.2. The molecule has 0 saturated heterocycles. The highest BCUT2D eigenvalue weighted by Crippen LogP contribution is 2.21. The molecule has 100 valence electrons. The Morgan fingerprint density at radius 3 is 3.05 bits per heavy atom. The summed E-state index contributed by atoms with van der Waals surface area (Å²) in [6.07, 6.45) is 4.21. The Hall–Kier alpha value is -2.12. The number of nitriles is 1. The van der Waals surface area contributed by atoms with Gasteiger partial charge in [0, 0.05) is 22.5 Å². The van der Waals surface area contributed by atoms with E-state index in [2.05, 4.69) is 34.0 Å². The third-order valence-corrected chi connectivity index (χ3v) is 4.29. The van der Waals surface area contributed by atoms with Crippen molar-refractivity contribution >= 4 is 22.2 Å². The van der Waals surface area contributed by atoms with Crippen molar-refractivity contribution in [3.63, 3.8) is 0 Å². The molecule has 0 unspecified atom stereocenters. The second kappa shape index (κ2) is 5.48. The molecular formula is C16H15N3S. The molecule has 3 aromatic rings. The molecule has 4 heteroatoms. The van der Waals surface area contributed by atoms with Gasteiger partial charge in [0.1, 0.15) is 0 Å². The van der Waals surface area contributed by atoms with E-state index >= 15 is 0 Å². The van der Waals surface area contributed by atoms with E-state index in [9.17, 15) is 0 Å². The molecule has 0 atom stereocenters. The molecule has 0 aliphatic heterocycles. The van der Waals surface area contributed by atoms with Crippen LogP contribution in [0.15, 0.2) is 35.8 Å². The molecule has 0 amide bonds. The summed E-state index contributed by atoms with van der Waals surface area (Å²) in [5, 5.41) is 13.5. The molecule has 0 aliphatic rings. The van der Waals surface area contributed by atoms with Crippen LogP contribution >= 0.6 is 11.3 Å². The molecule has 0 N–H and O–H groups in total. The van der Waals surface area contributed by atoms with Crippen molar-refractivity contribution in [3.8, 4) is 6.07 Å². The first-order valence-electron chi connectivity index (χ1n) is 6.73. The molecule has 0 aliphatic carbocycles. The number of hydrogen-bond donors (Lipinski definition) is 0. The Morgan fingerprint density at radius 2 is 2.25 bits per heavy atom. The third kappa shape index (κ3) is 2.33. The van der Waals surface area contributed by atoms with Gasteiger partial charge in [0.25, 0.3) is 0 Å². The Morgan fingerprint density at radius 1 is 1.35 bits per heavy atom. The maximum absolute atomic E-state index is 9.13. The highest BCUT2D eigenvalue weighted by Gasteiger charge is 2.07. The second-order valence-corrected chi connectivity index (χ2v) is 5.72. The number of benzene rings is 1. The van der Waals surface area contributed by atoms with Crippen LogP contribution in [-0.2, 0) is 13.0 Å². The fourth-order valence-corrected chi connectivity index (χ4v) is 3.27. The molecule has 0 radical (unpaired) electrons. The molecule has 3 rings (SSSR count). The smallest absolute Gasteiger partial charge is 0.0998 e. The number of thiazole rings is 1. The zero-order valence-electron chi connectivity index (χ0n) is 11.3. The average molecular weight is 281 g/mol. The average Bonchev–Trinajstić information content (AvgIpc) is 3.07. The molecule has 0 spiro atoms. The Balaban J connectivity index is 1.93. The molecule has 2 heterocycles. The second-order valence-electron chi connectivity index (χ2n) is 4.78. The van der Waals surface area contributed by atoms with Crippen LogP contribution in [0, 0.1) is 11.3 Å². The van der Waals surface area contributed by atoms with E-state index in [0.29, 0.717) is 0 Å². The zero-order chi connectivity index (χ0) is 13.9. The first-order chi connectivity index (χ1) is 9.81. The summed E-state index contributed by atoms with van der Waals surface area (Å²) in [6.45, 7) is 2.93. The van der Waals surface area contributed by atoms with Gasteiger partial charge >= 0.3 is 0 Å². The van der Waals surface area contributed by atoms with Gasteiger partial charge in [-0.25, -0.2) is 4.98 Å². The Bertz CT molecular complexity index is 776. The van der Waals surface area contributed by atoms with Gasteiger partial charge in [-0.15, -0.1) is 11.3 Å². The Kier molecular flexibility index (Phi) is 3.53. The predicted octanol–water partition coefficient (Wildman–Crippen LogP) is 3.97. The van der Waals surface area contributed by atoms with E-state index in [1.807, 2.05) is 24.4 Å². The molecule has 0 fully saturated rings. The maximum Gasteiger partial charge on any atom is 0.0998 e. The van der Waals surface area contributed by atoms with Crippen molar-refractivity contribution in [1.29, 1.82) is 5.26 Å². The van der Waals surface area contributed by atoms with E-state index in [0.717, 1.165) is 41.5 Å². The number of fused-ring (bicyclic) bond motifs is 1. The van der Waals surface area contributed by atoms with Crippen LogP contribution in [-0.4, -0.2) is 9.55 Å². The number of hydrogen-bond acceptors (Lipinski definition) is 3. The first-order valence-corrected chi connectivity index (χ1v) is 7.61. The van der Waals surface area contributed by atoms with E-state index in [-0.39, 0.29) is 0 Å². The molecule has 20 heavy (non-hydrogen) atoms. The van der Waals surface area contributed by atoms with Gasteiger partial charge in [-0.3, -0.25) is 0 Å². The standard InChI is InChI=1S/C16H15N3S/c1-2-4-16-18-13(11-20-16)10-19-8-7-14-12(9-17)5-3-6-15(14)19/h3,5-8,11H,2,4,10H2,1H3. The van der Waals surface area contributed by atoms with Gasteiger partial charge < -0.3 is 4.57 Å². The first kappa shape index (κ1) is 12.9. The van der Waals surface area contributed by atoms with Gasteiger partial charge in [-0.1, -0.05) is 13.0 Å². The lowest BCUT2D eigenvalue weighted by Crippen LogP contribution is -1.98. The van der Waals surface area contributed by atoms with E-state index in [4.69, 9.17) is 5.26 Å². The molecule has 2 aromatic heterocycles. The van der Waals surface area contributed by atoms with Crippen LogP contribution in [0.2, 0.25) is 0 Å². The van der Waals surface area contributed by atoms with E-state index in [1.54, 1.807) is 11.3 Å². The SMILES string of the molecule is CCCc1nc(Cn2ccc3c(C#N)cccc32)cs1. The summed E-state index contributed by atoms with van der Waals surface area (Å²) >= 11 is 1.73. The molecule has 1 aromatic carbocycles. The summed E-state index contributed by atoms with van der Waals surface area (Å²) in [7, 11) is 0. The van der Waals surface area contributed by atoms with Gasteiger partial charge in [-0.05, 0) is 31.0 Å². The van der Waals surface area contributed by atoms with Crippen LogP contribution in [0.4, 0.5) is 0 Å². The molecule has 0 bridgehead atoms. The minimum atomic E-state index is 0.728. The number of aromatic nitrogens is 2. The van der Waals surface area contributed by atoms with Crippen LogP contribution in [0.1, 0.15) is 29.6 Å².